The molecule has 3 aromatic rings. The maximum absolute atomic E-state index is 14.0. The number of likely N-dealkylation sites (tertiary alicyclic amines) is 1. The molecule has 0 spiro atoms. The molecule has 0 unspecified atom stereocenters. The van der Waals surface area contributed by atoms with E-state index in [1.165, 1.54) is 6.20 Å². The van der Waals surface area contributed by atoms with E-state index in [-0.39, 0.29) is 18.6 Å². The number of alkyl halides is 2. The number of nitriles is 1. The Morgan fingerprint density at radius 1 is 1.09 bits per heavy atom. The second kappa shape index (κ2) is 9.39. The summed E-state index contributed by atoms with van der Waals surface area (Å²) in [6, 6.07) is 16.3. The van der Waals surface area contributed by atoms with E-state index in [9.17, 15) is 23.6 Å². The zero-order chi connectivity index (χ0) is 25.2. The van der Waals surface area contributed by atoms with Crippen molar-refractivity contribution in [2.75, 3.05) is 20.8 Å². The molecule has 0 aliphatic carbocycles. The molecule has 1 aromatic heterocycles. The molecule has 9 heteroatoms. The number of hydrogen-bond acceptors (Lipinski definition) is 6. The zero-order valence-electron chi connectivity index (χ0n) is 19.3. The van der Waals surface area contributed by atoms with Crippen molar-refractivity contribution in [2.24, 2.45) is 0 Å². The molecular formula is C26H23F2N3O4. The number of aromatic nitrogens is 1. The first-order chi connectivity index (χ1) is 16.7. The van der Waals surface area contributed by atoms with Gasteiger partial charge in [-0.1, -0.05) is 18.2 Å². The van der Waals surface area contributed by atoms with E-state index >= 15 is 0 Å². The fourth-order valence-corrected chi connectivity index (χ4v) is 4.32. The SMILES string of the molecule is COc1ccc(-c2ccc3nccc(C(=O)CCC(=O)N4CC(F)(F)C[C@]4(C#N)OC)c3c2)cc1. The first kappa shape index (κ1) is 24.2. The van der Waals surface area contributed by atoms with E-state index in [4.69, 9.17) is 9.47 Å². The van der Waals surface area contributed by atoms with Gasteiger partial charge in [0.25, 0.3) is 5.92 Å². The van der Waals surface area contributed by atoms with Crippen LogP contribution in [0.15, 0.2) is 54.7 Å². The van der Waals surface area contributed by atoms with Gasteiger partial charge in [0.1, 0.15) is 11.8 Å². The van der Waals surface area contributed by atoms with Gasteiger partial charge in [-0.2, -0.15) is 5.26 Å². The number of fused-ring (bicyclic) bond motifs is 1. The number of carbonyl (C=O) groups excluding carboxylic acids is 2. The van der Waals surface area contributed by atoms with Crippen molar-refractivity contribution < 1.29 is 27.8 Å². The minimum Gasteiger partial charge on any atom is -0.497 e. The minimum absolute atomic E-state index is 0.210. The lowest BCUT2D eigenvalue weighted by atomic mass is 9.97. The van der Waals surface area contributed by atoms with E-state index in [1.807, 2.05) is 42.5 Å². The lowest BCUT2D eigenvalue weighted by molar-refractivity contribution is -0.148. The van der Waals surface area contributed by atoms with Gasteiger partial charge in [0.2, 0.25) is 11.6 Å². The standard InChI is InChI=1S/C26H23F2N3O4/c1-34-19-6-3-17(4-7-19)18-5-8-22-21(13-18)20(11-12-30-22)23(32)9-10-24(33)31-16-25(27,28)14-26(31,15-29)35-2/h3-8,11-13H,9-10,14,16H2,1-2H3/t26-/m1/s1. The van der Waals surface area contributed by atoms with Gasteiger partial charge in [-0.25, -0.2) is 8.78 Å². The van der Waals surface area contributed by atoms with Crippen LogP contribution in [0.5, 0.6) is 5.75 Å². The second-order valence-corrected chi connectivity index (χ2v) is 8.36. The lowest BCUT2D eigenvalue weighted by Gasteiger charge is -2.29. The molecule has 0 N–H and O–H groups in total. The summed E-state index contributed by atoms with van der Waals surface area (Å²) >= 11 is 0. The first-order valence-corrected chi connectivity index (χ1v) is 10.9. The van der Waals surface area contributed by atoms with Crippen LogP contribution in [0.25, 0.3) is 22.0 Å². The number of pyridine rings is 1. The van der Waals surface area contributed by atoms with Gasteiger partial charge >= 0.3 is 0 Å². The van der Waals surface area contributed by atoms with Crippen molar-refractivity contribution >= 4 is 22.6 Å². The topological polar surface area (TPSA) is 92.5 Å². The number of Topliss-reactive ketones (excluding diaryl/α,β-unsaturated/α-hetero) is 1. The van der Waals surface area contributed by atoms with Crippen LogP contribution in [0.3, 0.4) is 0 Å². The molecule has 1 aliphatic heterocycles. The molecule has 2 aromatic carbocycles. The van der Waals surface area contributed by atoms with Crippen LogP contribution in [0.1, 0.15) is 29.6 Å². The molecule has 0 radical (unpaired) electrons. The van der Waals surface area contributed by atoms with Gasteiger partial charge in [-0.15, -0.1) is 0 Å². The van der Waals surface area contributed by atoms with Gasteiger partial charge < -0.3 is 9.47 Å². The number of hydrogen-bond donors (Lipinski definition) is 0. The predicted octanol–water partition coefficient (Wildman–Crippen LogP) is 4.61. The Bertz CT molecular complexity index is 1320. The van der Waals surface area contributed by atoms with Gasteiger partial charge in [0.15, 0.2) is 5.78 Å². The molecule has 7 nitrogen and oxygen atoms in total. The van der Waals surface area contributed by atoms with Crippen molar-refractivity contribution in [3.63, 3.8) is 0 Å². The highest BCUT2D eigenvalue weighted by Crippen LogP contribution is 2.40. The summed E-state index contributed by atoms with van der Waals surface area (Å²) in [6.45, 7) is -0.926. The number of benzene rings is 2. The first-order valence-electron chi connectivity index (χ1n) is 10.9. The van der Waals surface area contributed by atoms with Gasteiger partial charge in [0.05, 0.1) is 25.6 Å². The molecular weight excluding hydrogens is 456 g/mol. The summed E-state index contributed by atoms with van der Waals surface area (Å²) in [5, 5.41) is 10.0. The van der Waals surface area contributed by atoms with Crippen LogP contribution < -0.4 is 4.74 Å². The summed E-state index contributed by atoms with van der Waals surface area (Å²) < 4.78 is 38.1. The average molecular weight is 479 g/mol. The van der Waals surface area contributed by atoms with Crippen LogP contribution in [-0.2, 0) is 9.53 Å². The Kier molecular flexibility index (Phi) is 6.50. The minimum atomic E-state index is -3.25. The number of ketones is 1. The monoisotopic (exact) mass is 479 g/mol. The molecule has 2 heterocycles. The molecule has 1 amide bonds. The summed E-state index contributed by atoms with van der Waals surface area (Å²) in [6.07, 6.45) is 0.0641. The molecule has 1 atom stereocenters. The van der Waals surface area contributed by atoms with Gasteiger partial charge in [-0.05, 0) is 41.5 Å². The van der Waals surface area contributed by atoms with Gasteiger partial charge in [-0.3, -0.25) is 19.5 Å². The maximum atomic E-state index is 14.0. The fraction of sp³-hybridized carbons (Fsp3) is 0.308. The smallest absolute Gasteiger partial charge is 0.271 e. The molecule has 35 heavy (non-hydrogen) atoms. The number of methoxy groups -OCH3 is 2. The zero-order valence-corrected chi connectivity index (χ0v) is 19.3. The number of amides is 1. The van der Waals surface area contributed by atoms with Gasteiger partial charge in [0, 0.05) is 37.1 Å². The third-order valence-electron chi connectivity index (χ3n) is 6.17. The van der Waals surface area contributed by atoms with Crippen molar-refractivity contribution in [1.82, 2.24) is 9.88 Å². The predicted molar refractivity (Wildman–Crippen MR) is 124 cm³/mol. The Labute approximate surface area is 200 Å². The van der Waals surface area contributed by atoms with Crippen LogP contribution in [0.4, 0.5) is 8.78 Å². The number of rotatable bonds is 7. The normalized spacial score (nSPS) is 18.9. The largest absolute Gasteiger partial charge is 0.497 e. The van der Waals surface area contributed by atoms with E-state index in [0.29, 0.717) is 16.5 Å². The molecule has 4 rings (SSSR count). The van der Waals surface area contributed by atoms with Crippen molar-refractivity contribution in [3.8, 4) is 22.9 Å². The highest BCUT2D eigenvalue weighted by molar-refractivity contribution is 6.08. The summed E-state index contributed by atoms with van der Waals surface area (Å²) in [7, 11) is 2.70. The van der Waals surface area contributed by atoms with Crippen molar-refractivity contribution in [1.29, 1.82) is 5.26 Å². The Balaban J connectivity index is 1.56. The quantitative estimate of drug-likeness (QED) is 0.460. The van der Waals surface area contributed by atoms with Crippen molar-refractivity contribution in [3.05, 3.63) is 60.3 Å². The lowest BCUT2D eigenvalue weighted by Crippen LogP contribution is -2.47. The fourth-order valence-electron chi connectivity index (χ4n) is 4.32. The highest BCUT2D eigenvalue weighted by atomic mass is 19.3. The maximum Gasteiger partial charge on any atom is 0.271 e. The second-order valence-electron chi connectivity index (χ2n) is 8.36. The highest BCUT2D eigenvalue weighted by Gasteiger charge is 2.57. The van der Waals surface area contributed by atoms with E-state index < -0.39 is 30.5 Å². The summed E-state index contributed by atoms with van der Waals surface area (Å²) in [5.74, 6) is -3.59. The molecule has 0 saturated carbocycles. The average Bonchev–Trinajstić information content (AvgIpc) is 3.17. The third kappa shape index (κ3) is 4.70. The number of ether oxygens (including phenoxy) is 2. The molecule has 1 fully saturated rings. The van der Waals surface area contributed by atoms with E-state index in [1.54, 1.807) is 19.2 Å². The third-order valence-corrected chi connectivity index (χ3v) is 6.17. The molecule has 180 valence electrons. The Morgan fingerprint density at radius 2 is 1.80 bits per heavy atom. The summed E-state index contributed by atoms with van der Waals surface area (Å²) in [4.78, 5) is 30.9. The number of carbonyl (C=O) groups is 2. The van der Waals surface area contributed by atoms with E-state index in [0.717, 1.165) is 28.9 Å². The summed E-state index contributed by atoms with van der Waals surface area (Å²) in [5.41, 5.74) is 0.744. The number of nitrogens with zero attached hydrogens (tertiary/aromatic N) is 3. The van der Waals surface area contributed by atoms with Crippen molar-refractivity contribution in [2.45, 2.75) is 30.9 Å². The van der Waals surface area contributed by atoms with Crippen LogP contribution in [0.2, 0.25) is 0 Å². The Hall–Kier alpha value is -3.90. The van der Waals surface area contributed by atoms with Crippen LogP contribution in [-0.4, -0.2) is 54.0 Å². The molecule has 1 saturated heterocycles. The van der Waals surface area contributed by atoms with Crippen LogP contribution in [0, 0.1) is 11.3 Å². The molecule has 0 bridgehead atoms. The molecule has 1 aliphatic rings. The van der Waals surface area contributed by atoms with E-state index in [2.05, 4.69) is 4.98 Å². The van der Waals surface area contributed by atoms with Crippen LogP contribution >= 0.6 is 0 Å². The Morgan fingerprint density at radius 3 is 2.46 bits per heavy atom. The number of halogens is 2.